The van der Waals surface area contributed by atoms with E-state index < -0.39 is 17.7 Å². The summed E-state index contributed by atoms with van der Waals surface area (Å²) in [7, 11) is 5.45. The summed E-state index contributed by atoms with van der Waals surface area (Å²) in [6.07, 6.45) is 15.5. The number of halogens is 2. The van der Waals surface area contributed by atoms with Crippen LogP contribution in [0.25, 0.3) is 23.3 Å². The van der Waals surface area contributed by atoms with E-state index >= 15 is 0 Å². The molecule has 6 heterocycles. The molecular formula is C59H68Cl2N12O6. The molecule has 18 nitrogen and oxygen atoms in total. The minimum Gasteiger partial charge on any atom is -0.447 e. The number of carbonyl (C=O) groups excluding carboxylic acids is 3. The predicted octanol–water partition coefficient (Wildman–Crippen LogP) is 8.89. The summed E-state index contributed by atoms with van der Waals surface area (Å²) in [5.74, 6) is -0.151. The molecule has 0 unspecified atom stereocenters. The topological polar surface area (TPSA) is 191 Å². The number of aromatic nitrogens is 6. The Hall–Kier alpha value is -6.93. The van der Waals surface area contributed by atoms with E-state index in [0.29, 0.717) is 75.2 Å². The molecule has 3 amide bonds. The predicted molar refractivity (Wildman–Crippen MR) is 304 cm³/mol. The Morgan fingerprint density at radius 2 is 1.11 bits per heavy atom. The number of nitrogens with one attached hydrogen (secondary N) is 1. The molecule has 3 fully saturated rings. The quantitative estimate of drug-likeness (QED) is 0.125. The Labute approximate surface area is 471 Å². The molecule has 5 aliphatic rings. The summed E-state index contributed by atoms with van der Waals surface area (Å²) in [4.78, 5) is 65.4. The van der Waals surface area contributed by atoms with Crippen LogP contribution in [0.15, 0.2) is 98.1 Å². The summed E-state index contributed by atoms with van der Waals surface area (Å²) in [5, 5.41) is 4.54. The molecule has 6 aromatic rings. The van der Waals surface area contributed by atoms with Crippen LogP contribution in [-0.2, 0) is 33.1 Å². The maximum atomic E-state index is 13.6. The van der Waals surface area contributed by atoms with Crippen LogP contribution in [0.4, 0.5) is 9.59 Å². The number of carbonyl (C=O) groups is 3. The van der Waals surface area contributed by atoms with Crippen LogP contribution in [0, 0.1) is 0 Å². The second-order valence-electron chi connectivity index (χ2n) is 21.3. The van der Waals surface area contributed by atoms with Gasteiger partial charge in [0.2, 0.25) is 0 Å². The summed E-state index contributed by atoms with van der Waals surface area (Å²) in [6.45, 7) is 12.4. The van der Waals surface area contributed by atoms with E-state index in [2.05, 4.69) is 61.5 Å². The van der Waals surface area contributed by atoms with E-state index in [9.17, 15) is 14.4 Å². The third-order valence-corrected chi connectivity index (χ3v) is 15.9. The third-order valence-electron chi connectivity index (χ3n) is 15.4. The van der Waals surface area contributed by atoms with Crippen LogP contribution in [0.1, 0.15) is 121 Å². The minimum absolute atomic E-state index is 0.107. The van der Waals surface area contributed by atoms with Crippen LogP contribution in [-0.4, -0.2) is 144 Å². The highest BCUT2D eigenvalue weighted by Crippen LogP contribution is 2.47. The van der Waals surface area contributed by atoms with Crippen molar-refractivity contribution in [2.24, 2.45) is 19.8 Å². The number of ether oxygens (including phenoxy) is 3. The number of piperazine rings is 2. The second kappa shape index (κ2) is 23.4. The van der Waals surface area contributed by atoms with Crippen LogP contribution in [0.3, 0.4) is 0 Å². The first-order valence-electron chi connectivity index (χ1n) is 26.9. The van der Waals surface area contributed by atoms with Crippen molar-refractivity contribution in [1.82, 2.24) is 54.0 Å². The molecule has 4 atom stereocenters. The summed E-state index contributed by atoms with van der Waals surface area (Å²) in [5.41, 5.74) is 17.5. The fourth-order valence-corrected chi connectivity index (χ4v) is 11.5. The normalized spacial score (nSPS) is 19.4. The van der Waals surface area contributed by atoms with Crippen LogP contribution in [0.2, 0.25) is 10.0 Å². The van der Waals surface area contributed by atoms with E-state index in [0.717, 1.165) is 67.3 Å². The SMILES string of the molecule is CC(C)OC(=O)N1CCN([C@H]2c3ccc(Cl)cc3C([C@@H](N)c3cncn3C)=Cc3cccnc32)CC1.COC1(C(=O)N[C@H](C2=Cc3cccnc3[C@@H](N3CCN(C(=O)OC(C)C)CC3)c3ccc(Cl)cc32)c2cncn2C)CC1. The zero-order chi connectivity index (χ0) is 55.7. The number of fused-ring (bicyclic) bond motifs is 4. The Bertz CT molecular complexity index is 3280. The van der Waals surface area contributed by atoms with Gasteiger partial charge < -0.3 is 44.2 Å². The molecular weight excluding hydrogens is 1040 g/mol. The van der Waals surface area contributed by atoms with Crippen molar-refractivity contribution in [2.75, 3.05) is 59.5 Å². The van der Waals surface area contributed by atoms with Crippen molar-refractivity contribution >= 4 is 64.6 Å². The number of aryl methyl sites for hydroxylation is 2. The molecule has 2 aliphatic heterocycles. The van der Waals surface area contributed by atoms with E-state index in [1.54, 1.807) is 42.0 Å². The lowest BCUT2D eigenvalue weighted by Crippen LogP contribution is -2.50. The first-order valence-corrected chi connectivity index (χ1v) is 27.7. The Morgan fingerprint density at radius 3 is 1.54 bits per heavy atom. The number of amides is 3. The van der Waals surface area contributed by atoms with E-state index in [1.165, 1.54) is 0 Å². The van der Waals surface area contributed by atoms with Crippen molar-refractivity contribution in [3.05, 3.63) is 164 Å². The van der Waals surface area contributed by atoms with E-state index in [-0.39, 0.29) is 42.4 Å². The maximum absolute atomic E-state index is 13.6. The molecule has 2 saturated heterocycles. The molecule has 20 heteroatoms. The van der Waals surface area contributed by atoms with Gasteiger partial charge in [-0.1, -0.05) is 47.5 Å². The third kappa shape index (κ3) is 11.6. The van der Waals surface area contributed by atoms with Crippen molar-refractivity contribution in [3.63, 3.8) is 0 Å². The van der Waals surface area contributed by atoms with Crippen molar-refractivity contribution in [2.45, 2.75) is 82.5 Å². The molecule has 0 bridgehead atoms. The van der Waals surface area contributed by atoms with Crippen LogP contribution in [0.5, 0.6) is 0 Å². The average Bonchev–Trinajstić information content (AvgIpc) is 4.06. The number of methoxy groups -OCH3 is 1. The van der Waals surface area contributed by atoms with Gasteiger partial charge in [0.25, 0.3) is 5.91 Å². The lowest BCUT2D eigenvalue weighted by atomic mass is 9.89. The van der Waals surface area contributed by atoms with Crippen molar-refractivity contribution in [1.29, 1.82) is 0 Å². The maximum Gasteiger partial charge on any atom is 0.410 e. The monoisotopic (exact) mass is 1110 g/mol. The molecule has 1 saturated carbocycles. The number of imidazole rings is 2. The summed E-state index contributed by atoms with van der Waals surface area (Å²) >= 11 is 13.2. The van der Waals surface area contributed by atoms with E-state index in [4.69, 9.17) is 53.1 Å². The van der Waals surface area contributed by atoms with Gasteiger partial charge in [-0.2, -0.15) is 0 Å². The van der Waals surface area contributed by atoms with Gasteiger partial charge in [0.1, 0.15) is 5.60 Å². The molecule has 4 aromatic heterocycles. The van der Waals surface area contributed by atoms with E-state index in [1.807, 2.05) is 99.7 Å². The second-order valence-corrected chi connectivity index (χ2v) is 22.1. The zero-order valence-corrected chi connectivity index (χ0v) is 47.2. The van der Waals surface area contributed by atoms with Crippen molar-refractivity contribution < 1.29 is 28.6 Å². The highest BCUT2D eigenvalue weighted by molar-refractivity contribution is 6.31. The smallest absolute Gasteiger partial charge is 0.410 e. The molecule has 11 rings (SSSR count). The Morgan fingerprint density at radius 1 is 0.658 bits per heavy atom. The largest absolute Gasteiger partial charge is 0.447 e. The number of benzene rings is 2. The standard InChI is InChI=1S/C32H37ClN6O4.C27H31ClN6O2/c1-20(2)43-31(41)39-14-12-38(13-15-39)29-23-8-7-22(33)17-24(23)25(16-21-6-5-11-35-27(21)29)28(26-18-34-19-37(26)3)36-30(40)32(42-4)9-10-32;1-17(2)36-27(35)34-11-9-33(10-12-34)26-20-7-6-19(28)14-21(20)22(13-18-5-4-8-31-25(18)26)24(29)23-15-30-16-32(23)3/h5-8,11,16-20,28-29H,9-10,12-15H2,1-4H3,(H,36,40);4-8,13-17,24,26H,9-12,29H2,1-3H3/t28-,29+;24-,26+/m11/s1. The lowest BCUT2D eigenvalue weighted by molar-refractivity contribution is -0.134. The first-order chi connectivity index (χ1) is 38.0. The summed E-state index contributed by atoms with van der Waals surface area (Å²) < 4.78 is 20.4. The lowest BCUT2D eigenvalue weighted by Gasteiger charge is -2.39. The number of nitrogens with zero attached hydrogens (tertiary/aromatic N) is 10. The molecule has 0 spiro atoms. The molecule has 414 valence electrons. The van der Waals surface area contributed by atoms with Gasteiger partial charge in [0, 0.05) is 96.0 Å². The fourth-order valence-electron chi connectivity index (χ4n) is 11.2. The van der Waals surface area contributed by atoms with Gasteiger partial charge >= 0.3 is 12.2 Å². The number of hydrogen-bond acceptors (Lipinski definition) is 13. The number of rotatable bonds is 11. The molecule has 3 N–H and O–H groups in total. The zero-order valence-electron chi connectivity index (χ0n) is 45.7. The molecule has 3 aliphatic carbocycles. The van der Waals surface area contributed by atoms with Gasteiger partial charge in [0.05, 0.1) is 84.2 Å². The molecule has 2 aromatic carbocycles. The van der Waals surface area contributed by atoms with Gasteiger partial charge in [-0.15, -0.1) is 0 Å². The average molecular weight is 1110 g/mol. The van der Waals surface area contributed by atoms with Gasteiger partial charge in [-0.05, 0) is 134 Å². The highest BCUT2D eigenvalue weighted by Gasteiger charge is 2.51. The Kier molecular flexibility index (Phi) is 16.4. The molecule has 79 heavy (non-hydrogen) atoms. The highest BCUT2D eigenvalue weighted by atomic mass is 35.5. The first kappa shape index (κ1) is 55.4. The van der Waals surface area contributed by atoms with Crippen LogP contribution >= 0.6 is 23.2 Å². The minimum atomic E-state index is -0.808. The van der Waals surface area contributed by atoms with Crippen molar-refractivity contribution in [3.8, 4) is 0 Å². The van der Waals surface area contributed by atoms with Crippen LogP contribution < -0.4 is 11.1 Å². The number of nitrogens with two attached hydrogens (primary N) is 1. The number of pyridine rings is 2. The fraction of sp³-hybridized carbons (Fsp3) is 0.407. The van der Waals surface area contributed by atoms with Gasteiger partial charge in [-0.25, -0.2) is 19.6 Å². The summed E-state index contributed by atoms with van der Waals surface area (Å²) in [6, 6.07) is 18.7. The number of hydrogen-bond donors (Lipinski definition) is 2. The molecule has 0 radical (unpaired) electrons. The van der Waals surface area contributed by atoms with Gasteiger partial charge in [-0.3, -0.25) is 24.6 Å². The van der Waals surface area contributed by atoms with Gasteiger partial charge in [0.15, 0.2) is 0 Å². The Balaban J connectivity index is 0.000000181.